The van der Waals surface area contributed by atoms with Crippen LogP contribution in [0, 0.1) is 5.92 Å². The van der Waals surface area contributed by atoms with Gasteiger partial charge in [-0.2, -0.15) is 0 Å². The smallest absolute Gasteiger partial charge is 0.142 e. The normalized spacial score (nSPS) is 10.6. The number of benzene rings is 1. The lowest BCUT2D eigenvalue weighted by atomic mass is 10.2. The third-order valence-electron chi connectivity index (χ3n) is 2.26. The minimum atomic E-state index is 0.473. The average Bonchev–Trinajstić information content (AvgIpc) is 2.28. The summed E-state index contributed by atoms with van der Waals surface area (Å²) in [6.07, 6.45) is 1.72. The monoisotopic (exact) mass is 253 g/mol. The predicted molar refractivity (Wildman–Crippen MR) is 73.7 cm³/mol. The summed E-state index contributed by atoms with van der Waals surface area (Å²) in [5, 5.41) is 4.03. The summed E-state index contributed by atoms with van der Waals surface area (Å²) >= 11 is 6.12. The van der Waals surface area contributed by atoms with Crippen molar-refractivity contribution in [3.05, 3.63) is 41.4 Å². The van der Waals surface area contributed by atoms with Crippen molar-refractivity contribution in [2.45, 2.75) is 20.4 Å². The molecular formula is C14H20ClNO. The van der Waals surface area contributed by atoms with Crippen LogP contribution in [-0.2, 0) is 6.54 Å². The van der Waals surface area contributed by atoms with Crippen molar-refractivity contribution in [1.82, 2.24) is 5.32 Å². The highest BCUT2D eigenvalue weighted by molar-refractivity contribution is 6.32. The summed E-state index contributed by atoms with van der Waals surface area (Å²) in [5.41, 5.74) is 1.08. The van der Waals surface area contributed by atoms with Gasteiger partial charge in [0, 0.05) is 12.1 Å². The second kappa shape index (κ2) is 7.36. The molecule has 1 aromatic carbocycles. The van der Waals surface area contributed by atoms with Crippen molar-refractivity contribution in [3.8, 4) is 5.75 Å². The molecule has 0 heterocycles. The molecule has 0 amide bonds. The van der Waals surface area contributed by atoms with E-state index in [9.17, 15) is 0 Å². The second-order valence-electron chi connectivity index (χ2n) is 4.35. The topological polar surface area (TPSA) is 21.3 Å². The van der Waals surface area contributed by atoms with Gasteiger partial charge in [-0.25, -0.2) is 0 Å². The molecule has 94 valence electrons. The fourth-order valence-corrected chi connectivity index (χ4v) is 1.74. The molecule has 3 heteroatoms. The third kappa shape index (κ3) is 4.80. The van der Waals surface area contributed by atoms with E-state index in [1.165, 1.54) is 0 Å². The van der Waals surface area contributed by atoms with Crippen LogP contribution >= 0.6 is 11.6 Å². The zero-order valence-electron chi connectivity index (χ0n) is 10.5. The van der Waals surface area contributed by atoms with Crippen molar-refractivity contribution < 1.29 is 4.74 Å². The summed E-state index contributed by atoms with van der Waals surface area (Å²) in [5.74, 6) is 1.39. The Kier molecular flexibility index (Phi) is 6.09. The Bertz CT molecular complexity index is 363. The van der Waals surface area contributed by atoms with Crippen LogP contribution in [0.3, 0.4) is 0 Å². The molecular weight excluding hydrogens is 234 g/mol. The molecule has 0 atom stereocenters. The van der Waals surface area contributed by atoms with Gasteiger partial charge in [-0.05, 0) is 18.5 Å². The van der Waals surface area contributed by atoms with Crippen LogP contribution in [0.5, 0.6) is 5.75 Å². The summed E-state index contributed by atoms with van der Waals surface area (Å²) in [4.78, 5) is 0. The molecule has 0 radical (unpaired) electrons. The van der Waals surface area contributed by atoms with Gasteiger partial charge in [0.05, 0.1) is 5.02 Å². The molecule has 0 aliphatic heterocycles. The van der Waals surface area contributed by atoms with Gasteiger partial charge in [0.25, 0.3) is 0 Å². The predicted octanol–water partition coefficient (Wildman–Crippen LogP) is 3.65. The van der Waals surface area contributed by atoms with Crippen LogP contribution < -0.4 is 10.1 Å². The second-order valence-corrected chi connectivity index (χ2v) is 4.76. The number of ether oxygens (including phenoxy) is 1. The summed E-state index contributed by atoms with van der Waals surface area (Å²) in [6.45, 7) is 10.2. The molecule has 0 aromatic heterocycles. The number of nitrogens with one attached hydrogen (secondary N) is 1. The molecule has 0 saturated heterocycles. The number of rotatable bonds is 7. The van der Waals surface area contributed by atoms with E-state index < -0.39 is 0 Å². The molecule has 1 rings (SSSR count). The van der Waals surface area contributed by atoms with Gasteiger partial charge in [0.2, 0.25) is 0 Å². The SMILES string of the molecule is C=CCOc1c(Cl)cccc1CNCC(C)C. The molecule has 0 aliphatic carbocycles. The van der Waals surface area contributed by atoms with Gasteiger partial charge in [-0.15, -0.1) is 0 Å². The molecule has 0 fully saturated rings. The van der Waals surface area contributed by atoms with E-state index >= 15 is 0 Å². The molecule has 0 bridgehead atoms. The first-order chi connectivity index (χ1) is 8.15. The maximum atomic E-state index is 6.12. The van der Waals surface area contributed by atoms with Gasteiger partial charge in [-0.3, -0.25) is 0 Å². The quantitative estimate of drug-likeness (QED) is 0.749. The van der Waals surface area contributed by atoms with Crippen molar-refractivity contribution >= 4 is 11.6 Å². The number of hydrogen-bond donors (Lipinski definition) is 1. The lowest BCUT2D eigenvalue weighted by Gasteiger charge is -2.13. The first-order valence-electron chi connectivity index (χ1n) is 5.87. The zero-order valence-corrected chi connectivity index (χ0v) is 11.3. The van der Waals surface area contributed by atoms with Crippen molar-refractivity contribution in [1.29, 1.82) is 0 Å². The van der Waals surface area contributed by atoms with Gasteiger partial charge in [-0.1, -0.05) is 50.2 Å². The van der Waals surface area contributed by atoms with Crippen LogP contribution in [0.4, 0.5) is 0 Å². The summed E-state index contributed by atoms with van der Waals surface area (Å²) in [7, 11) is 0. The maximum Gasteiger partial charge on any atom is 0.142 e. The van der Waals surface area contributed by atoms with Crippen molar-refractivity contribution in [3.63, 3.8) is 0 Å². The summed E-state index contributed by atoms with van der Waals surface area (Å²) in [6, 6.07) is 5.80. The highest BCUT2D eigenvalue weighted by atomic mass is 35.5. The van der Waals surface area contributed by atoms with E-state index in [-0.39, 0.29) is 0 Å². The van der Waals surface area contributed by atoms with Crippen LogP contribution in [0.25, 0.3) is 0 Å². The fourth-order valence-electron chi connectivity index (χ4n) is 1.49. The largest absolute Gasteiger partial charge is 0.488 e. The van der Waals surface area contributed by atoms with Crippen molar-refractivity contribution in [2.75, 3.05) is 13.2 Å². The average molecular weight is 254 g/mol. The Labute approximate surface area is 109 Å². The Hall–Kier alpha value is -0.990. The minimum absolute atomic E-state index is 0.473. The highest BCUT2D eigenvalue weighted by Crippen LogP contribution is 2.28. The van der Waals surface area contributed by atoms with E-state index in [4.69, 9.17) is 16.3 Å². The molecule has 0 spiro atoms. The van der Waals surface area contributed by atoms with Gasteiger partial charge >= 0.3 is 0 Å². The molecule has 1 N–H and O–H groups in total. The van der Waals surface area contributed by atoms with E-state index in [2.05, 4.69) is 25.7 Å². The molecule has 1 aromatic rings. The third-order valence-corrected chi connectivity index (χ3v) is 2.56. The molecule has 17 heavy (non-hydrogen) atoms. The fraction of sp³-hybridized carbons (Fsp3) is 0.429. The Morgan fingerprint density at radius 3 is 2.88 bits per heavy atom. The van der Waals surface area contributed by atoms with Crippen LogP contribution in [0.2, 0.25) is 5.02 Å². The molecule has 0 saturated carbocycles. The Morgan fingerprint density at radius 2 is 2.24 bits per heavy atom. The van der Waals surface area contributed by atoms with E-state index in [1.807, 2.05) is 18.2 Å². The molecule has 2 nitrogen and oxygen atoms in total. The van der Waals surface area contributed by atoms with Crippen LogP contribution in [-0.4, -0.2) is 13.2 Å². The first kappa shape index (κ1) is 14.1. The van der Waals surface area contributed by atoms with Gasteiger partial charge in [0.1, 0.15) is 12.4 Å². The number of hydrogen-bond acceptors (Lipinski definition) is 2. The van der Waals surface area contributed by atoms with E-state index in [1.54, 1.807) is 6.08 Å². The lowest BCUT2D eigenvalue weighted by molar-refractivity contribution is 0.357. The standard InChI is InChI=1S/C14H20ClNO/c1-4-8-17-14-12(6-5-7-13(14)15)10-16-9-11(2)3/h4-7,11,16H,1,8-10H2,2-3H3. The molecule has 0 aliphatic rings. The van der Waals surface area contributed by atoms with Crippen LogP contribution in [0.15, 0.2) is 30.9 Å². The Morgan fingerprint density at radius 1 is 1.47 bits per heavy atom. The van der Waals surface area contributed by atoms with E-state index in [0.717, 1.165) is 24.4 Å². The number of para-hydroxylation sites is 1. The maximum absolute atomic E-state index is 6.12. The number of halogens is 1. The van der Waals surface area contributed by atoms with Crippen LogP contribution in [0.1, 0.15) is 19.4 Å². The highest BCUT2D eigenvalue weighted by Gasteiger charge is 2.07. The Balaban J connectivity index is 2.68. The minimum Gasteiger partial charge on any atom is -0.488 e. The molecule has 0 unspecified atom stereocenters. The first-order valence-corrected chi connectivity index (χ1v) is 6.24. The summed E-state index contributed by atoms with van der Waals surface area (Å²) < 4.78 is 5.58. The lowest BCUT2D eigenvalue weighted by Crippen LogP contribution is -2.19. The van der Waals surface area contributed by atoms with Crippen molar-refractivity contribution in [2.24, 2.45) is 5.92 Å². The van der Waals surface area contributed by atoms with Gasteiger partial charge < -0.3 is 10.1 Å². The zero-order chi connectivity index (χ0) is 12.7. The van der Waals surface area contributed by atoms with Gasteiger partial charge in [0.15, 0.2) is 0 Å². The van der Waals surface area contributed by atoms with E-state index in [0.29, 0.717) is 17.5 Å².